The van der Waals surface area contributed by atoms with E-state index in [-0.39, 0.29) is 5.91 Å². The molecule has 28 heavy (non-hydrogen) atoms. The van der Waals surface area contributed by atoms with Crippen LogP contribution in [0.2, 0.25) is 0 Å². The van der Waals surface area contributed by atoms with Crippen LogP contribution in [0, 0.1) is 0 Å². The number of carbonyl (C=O) groups is 1. The van der Waals surface area contributed by atoms with Crippen LogP contribution >= 0.6 is 0 Å². The number of nitrogens with one attached hydrogen (secondary N) is 1. The van der Waals surface area contributed by atoms with Gasteiger partial charge in [0.15, 0.2) is 0 Å². The van der Waals surface area contributed by atoms with Gasteiger partial charge in [0.05, 0.1) is 12.8 Å². The Kier molecular flexibility index (Phi) is 6.79. The minimum atomic E-state index is -0.304. The molecule has 0 spiro atoms. The summed E-state index contributed by atoms with van der Waals surface area (Å²) in [7, 11) is 0. The van der Waals surface area contributed by atoms with Crippen molar-refractivity contribution in [3.05, 3.63) is 95.6 Å². The van der Waals surface area contributed by atoms with Crippen molar-refractivity contribution in [3.63, 3.8) is 0 Å². The number of ether oxygens (including phenoxy) is 1. The minimum Gasteiger partial charge on any atom is -0.494 e. The van der Waals surface area contributed by atoms with Gasteiger partial charge in [-0.1, -0.05) is 36.4 Å². The van der Waals surface area contributed by atoms with Crippen LogP contribution in [0.25, 0.3) is 0 Å². The van der Waals surface area contributed by atoms with Gasteiger partial charge in [0, 0.05) is 11.3 Å². The standard InChI is InChI=1S/C23H23N3O2/c24-21-10-4-9-20(16-21)23(27)26-25-17-19-11-13-22(14-12-19)28-15-5-8-18-6-2-1-3-7-18/h1-4,6-7,9-14,16-17H,5,8,15,24H2,(H,26,27)/b25-17-. The summed E-state index contributed by atoms with van der Waals surface area (Å²) < 4.78 is 5.77. The number of nitrogens with two attached hydrogens (primary N) is 1. The second-order valence-electron chi connectivity index (χ2n) is 6.33. The summed E-state index contributed by atoms with van der Waals surface area (Å²) in [6.45, 7) is 0.665. The van der Waals surface area contributed by atoms with Gasteiger partial charge in [-0.15, -0.1) is 0 Å². The van der Waals surface area contributed by atoms with Gasteiger partial charge >= 0.3 is 0 Å². The first-order valence-electron chi connectivity index (χ1n) is 9.16. The molecule has 0 saturated carbocycles. The molecular formula is C23H23N3O2. The van der Waals surface area contributed by atoms with Crippen molar-refractivity contribution < 1.29 is 9.53 Å². The van der Waals surface area contributed by atoms with Gasteiger partial charge in [0.2, 0.25) is 0 Å². The fourth-order valence-electron chi connectivity index (χ4n) is 2.67. The SMILES string of the molecule is Nc1cccc(C(=O)N/N=C\c2ccc(OCCCc3ccccc3)cc2)c1. The molecule has 0 radical (unpaired) electrons. The summed E-state index contributed by atoms with van der Waals surface area (Å²) in [6, 6.07) is 24.7. The first kappa shape index (κ1) is 19.2. The molecule has 0 saturated heterocycles. The molecule has 0 aliphatic carbocycles. The fraction of sp³-hybridized carbons (Fsp3) is 0.130. The van der Waals surface area contributed by atoms with E-state index in [1.807, 2.05) is 42.5 Å². The lowest BCUT2D eigenvalue weighted by atomic mass is 10.1. The number of hydrogen-bond acceptors (Lipinski definition) is 4. The fourth-order valence-corrected chi connectivity index (χ4v) is 2.67. The van der Waals surface area contributed by atoms with Crippen molar-refractivity contribution >= 4 is 17.8 Å². The van der Waals surface area contributed by atoms with E-state index in [0.717, 1.165) is 24.2 Å². The summed E-state index contributed by atoms with van der Waals surface area (Å²) in [5.41, 5.74) is 11.4. The zero-order valence-corrected chi connectivity index (χ0v) is 15.5. The Labute approximate surface area is 164 Å². The Morgan fingerprint density at radius 2 is 1.79 bits per heavy atom. The largest absolute Gasteiger partial charge is 0.494 e. The van der Waals surface area contributed by atoms with Gasteiger partial charge in [-0.3, -0.25) is 4.79 Å². The maximum atomic E-state index is 12.0. The van der Waals surface area contributed by atoms with Crippen molar-refractivity contribution in [2.24, 2.45) is 5.10 Å². The number of hydrogen-bond donors (Lipinski definition) is 2. The topological polar surface area (TPSA) is 76.7 Å². The van der Waals surface area contributed by atoms with Crippen molar-refractivity contribution in [2.75, 3.05) is 12.3 Å². The van der Waals surface area contributed by atoms with Gasteiger partial charge in [-0.05, 0) is 66.4 Å². The lowest BCUT2D eigenvalue weighted by molar-refractivity contribution is 0.0955. The summed E-state index contributed by atoms with van der Waals surface area (Å²) >= 11 is 0. The molecule has 5 heteroatoms. The van der Waals surface area contributed by atoms with Gasteiger partial charge in [0.1, 0.15) is 5.75 Å². The molecule has 0 atom stereocenters. The van der Waals surface area contributed by atoms with Crippen LogP contribution in [0.5, 0.6) is 5.75 Å². The van der Waals surface area contributed by atoms with Crippen LogP contribution in [0.1, 0.15) is 27.9 Å². The van der Waals surface area contributed by atoms with E-state index in [9.17, 15) is 4.79 Å². The Morgan fingerprint density at radius 3 is 2.54 bits per heavy atom. The molecule has 3 aromatic carbocycles. The summed E-state index contributed by atoms with van der Waals surface area (Å²) in [4.78, 5) is 12.0. The zero-order valence-electron chi connectivity index (χ0n) is 15.5. The van der Waals surface area contributed by atoms with Gasteiger partial charge in [0.25, 0.3) is 5.91 Å². The smallest absolute Gasteiger partial charge is 0.271 e. The van der Waals surface area contributed by atoms with E-state index in [1.165, 1.54) is 5.56 Å². The highest BCUT2D eigenvalue weighted by Gasteiger charge is 2.03. The van der Waals surface area contributed by atoms with Crippen LogP contribution in [-0.2, 0) is 6.42 Å². The first-order chi connectivity index (χ1) is 13.7. The third-order valence-electron chi connectivity index (χ3n) is 4.13. The second-order valence-corrected chi connectivity index (χ2v) is 6.33. The average molecular weight is 373 g/mol. The Balaban J connectivity index is 1.42. The van der Waals surface area contributed by atoms with Crippen LogP contribution in [0.15, 0.2) is 84.0 Å². The van der Waals surface area contributed by atoms with E-state index in [0.29, 0.717) is 17.9 Å². The molecule has 5 nitrogen and oxygen atoms in total. The predicted molar refractivity (Wildman–Crippen MR) is 113 cm³/mol. The third-order valence-corrected chi connectivity index (χ3v) is 4.13. The quantitative estimate of drug-likeness (QED) is 0.271. The van der Waals surface area contributed by atoms with Crippen molar-refractivity contribution in [2.45, 2.75) is 12.8 Å². The number of nitrogen functional groups attached to an aromatic ring is 1. The molecule has 0 heterocycles. The molecule has 142 valence electrons. The van der Waals surface area contributed by atoms with E-state index in [4.69, 9.17) is 10.5 Å². The Morgan fingerprint density at radius 1 is 1.00 bits per heavy atom. The van der Waals surface area contributed by atoms with Crippen LogP contribution < -0.4 is 15.9 Å². The Bertz CT molecular complexity index is 922. The second kappa shape index (κ2) is 9.92. The van der Waals surface area contributed by atoms with Crippen molar-refractivity contribution in [3.8, 4) is 5.75 Å². The highest BCUT2D eigenvalue weighted by Crippen LogP contribution is 2.12. The van der Waals surface area contributed by atoms with E-state index in [2.05, 4.69) is 22.7 Å². The van der Waals surface area contributed by atoms with E-state index >= 15 is 0 Å². The molecule has 3 N–H and O–H groups in total. The van der Waals surface area contributed by atoms with Crippen molar-refractivity contribution in [1.29, 1.82) is 0 Å². The summed E-state index contributed by atoms with van der Waals surface area (Å²) in [5.74, 6) is 0.510. The molecule has 0 bridgehead atoms. The van der Waals surface area contributed by atoms with Gasteiger partial charge in [-0.2, -0.15) is 5.10 Å². The Hall–Kier alpha value is -3.60. The molecule has 3 rings (SSSR count). The maximum Gasteiger partial charge on any atom is 0.271 e. The summed E-state index contributed by atoms with van der Waals surface area (Å²) in [6.07, 6.45) is 3.55. The molecule has 0 unspecified atom stereocenters. The van der Waals surface area contributed by atoms with Crippen LogP contribution in [-0.4, -0.2) is 18.7 Å². The number of rotatable bonds is 8. The molecule has 0 aliphatic rings. The maximum absolute atomic E-state index is 12.0. The number of aryl methyl sites for hydroxylation is 1. The molecular weight excluding hydrogens is 350 g/mol. The molecule has 0 fully saturated rings. The third kappa shape index (κ3) is 5.99. The average Bonchev–Trinajstić information content (AvgIpc) is 2.73. The highest BCUT2D eigenvalue weighted by molar-refractivity contribution is 5.95. The van der Waals surface area contributed by atoms with Crippen molar-refractivity contribution in [1.82, 2.24) is 5.43 Å². The lowest BCUT2D eigenvalue weighted by Crippen LogP contribution is -2.17. The van der Waals surface area contributed by atoms with Crippen LogP contribution in [0.3, 0.4) is 0 Å². The molecule has 0 aromatic heterocycles. The lowest BCUT2D eigenvalue weighted by Gasteiger charge is -2.06. The number of amides is 1. The summed E-state index contributed by atoms with van der Waals surface area (Å²) in [5, 5.41) is 3.98. The molecule has 1 amide bonds. The predicted octanol–water partition coefficient (Wildman–Crippen LogP) is 4.04. The first-order valence-corrected chi connectivity index (χ1v) is 9.16. The molecule has 3 aromatic rings. The molecule has 0 aliphatic heterocycles. The van der Waals surface area contributed by atoms with E-state index in [1.54, 1.807) is 30.5 Å². The highest BCUT2D eigenvalue weighted by atomic mass is 16.5. The van der Waals surface area contributed by atoms with Crippen LogP contribution in [0.4, 0.5) is 5.69 Å². The number of anilines is 1. The number of carbonyl (C=O) groups excluding carboxylic acids is 1. The monoisotopic (exact) mass is 373 g/mol. The minimum absolute atomic E-state index is 0.304. The van der Waals surface area contributed by atoms with Gasteiger partial charge in [-0.25, -0.2) is 5.43 Å². The zero-order chi connectivity index (χ0) is 19.6. The number of nitrogens with zero attached hydrogens (tertiary/aromatic N) is 1. The van der Waals surface area contributed by atoms with E-state index < -0.39 is 0 Å². The normalized spacial score (nSPS) is 10.7. The number of hydrazone groups is 1. The van der Waals surface area contributed by atoms with Gasteiger partial charge < -0.3 is 10.5 Å². The number of benzene rings is 3.